The minimum Gasteiger partial charge on any atom is -0.393 e. The zero-order chi connectivity index (χ0) is 11.1. The Labute approximate surface area is 92.8 Å². The van der Waals surface area contributed by atoms with Gasteiger partial charge in [0, 0.05) is 20.3 Å². The topological polar surface area (TPSA) is 38.7 Å². The zero-order valence-corrected chi connectivity index (χ0v) is 9.95. The summed E-state index contributed by atoms with van der Waals surface area (Å²) in [7, 11) is 1.70. The van der Waals surface area contributed by atoms with Gasteiger partial charge in [0.1, 0.15) is 0 Å². The molecule has 0 heterocycles. The molecule has 1 rings (SSSR count). The van der Waals surface area contributed by atoms with Crippen LogP contribution in [0.2, 0.25) is 0 Å². The maximum absolute atomic E-state index is 9.73. The van der Waals surface area contributed by atoms with E-state index in [0.29, 0.717) is 12.0 Å². The molecule has 1 aliphatic rings. The second kappa shape index (κ2) is 7.20. The maximum Gasteiger partial charge on any atom is 0.0580 e. The van der Waals surface area contributed by atoms with Crippen LogP contribution < -0.4 is 0 Å². The summed E-state index contributed by atoms with van der Waals surface area (Å²) >= 11 is 0. The lowest BCUT2D eigenvalue weighted by molar-refractivity contribution is -0.0388. The van der Waals surface area contributed by atoms with Gasteiger partial charge in [0.05, 0.1) is 12.2 Å². The Bertz CT molecular complexity index is 152. The first-order valence-corrected chi connectivity index (χ1v) is 6.04. The van der Waals surface area contributed by atoms with Crippen LogP contribution in [0.4, 0.5) is 0 Å². The van der Waals surface area contributed by atoms with E-state index in [4.69, 9.17) is 9.47 Å². The molecule has 0 aliphatic heterocycles. The van der Waals surface area contributed by atoms with Crippen LogP contribution in [0.1, 0.15) is 39.0 Å². The number of aliphatic hydroxyl groups excluding tert-OH is 1. The van der Waals surface area contributed by atoms with Crippen LogP contribution in [0.15, 0.2) is 0 Å². The zero-order valence-electron chi connectivity index (χ0n) is 9.95. The second-order valence-corrected chi connectivity index (χ2v) is 4.44. The number of hydrogen-bond acceptors (Lipinski definition) is 3. The SMILES string of the molecule is CCOC1CC(CC(O)CCCOC)C1. The molecule has 0 saturated heterocycles. The highest BCUT2D eigenvalue weighted by molar-refractivity contribution is 4.81. The van der Waals surface area contributed by atoms with Gasteiger partial charge in [-0.3, -0.25) is 0 Å². The molecule has 1 fully saturated rings. The molecule has 0 amide bonds. The third-order valence-corrected chi connectivity index (χ3v) is 3.09. The summed E-state index contributed by atoms with van der Waals surface area (Å²) in [5.74, 6) is 0.680. The minimum atomic E-state index is -0.146. The van der Waals surface area contributed by atoms with E-state index < -0.39 is 0 Å². The number of ether oxygens (including phenoxy) is 2. The van der Waals surface area contributed by atoms with Gasteiger partial charge in [-0.2, -0.15) is 0 Å². The Balaban J connectivity index is 1.96. The Morgan fingerprint density at radius 2 is 2.13 bits per heavy atom. The number of aliphatic hydroxyl groups is 1. The fourth-order valence-electron chi connectivity index (χ4n) is 2.20. The lowest BCUT2D eigenvalue weighted by Crippen LogP contribution is -2.33. The summed E-state index contributed by atoms with van der Waals surface area (Å²) in [5, 5.41) is 9.73. The predicted molar refractivity (Wildman–Crippen MR) is 59.9 cm³/mol. The third-order valence-electron chi connectivity index (χ3n) is 3.09. The lowest BCUT2D eigenvalue weighted by Gasteiger charge is -2.36. The van der Waals surface area contributed by atoms with Crippen molar-refractivity contribution < 1.29 is 14.6 Å². The van der Waals surface area contributed by atoms with Gasteiger partial charge in [-0.25, -0.2) is 0 Å². The first-order valence-electron chi connectivity index (χ1n) is 6.04. The molecular formula is C12H24O3. The van der Waals surface area contributed by atoms with Crippen molar-refractivity contribution >= 4 is 0 Å². The quantitative estimate of drug-likeness (QED) is 0.631. The van der Waals surface area contributed by atoms with Gasteiger partial charge in [-0.1, -0.05) is 0 Å². The van der Waals surface area contributed by atoms with Crippen molar-refractivity contribution in [3.63, 3.8) is 0 Å². The first-order chi connectivity index (χ1) is 7.26. The first kappa shape index (κ1) is 12.9. The average molecular weight is 216 g/mol. The lowest BCUT2D eigenvalue weighted by atomic mass is 9.78. The van der Waals surface area contributed by atoms with E-state index in [1.165, 1.54) is 0 Å². The summed E-state index contributed by atoms with van der Waals surface area (Å²) in [5.41, 5.74) is 0. The molecule has 90 valence electrons. The van der Waals surface area contributed by atoms with Crippen molar-refractivity contribution in [2.75, 3.05) is 20.3 Å². The van der Waals surface area contributed by atoms with E-state index in [-0.39, 0.29) is 6.10 Å². The molecule has 0 bridgehead atoms. The fraction of sp³-hybridized carbons (Fsp3) is 1.00. The van der Waals surface area contributed by atoms with E-state index >= 15 is 0 Å². The Kier molecular flexibility index (Phi) is 6.22. The standard InChI is InChI=1S/C12H24O3/c1-3-15-12-8-10(9-12)7-11(13)5-4-6-14-2/h10-13H,3-9H2,1-2H3. The van der Waals surface area contributed by atoms with Gasteiger partial charge in [-0.15, -0.1) is 0 Å². The second-order valence-electron chi connectivity index (χ2n) is 4.44. The molecule has 1 unspecified atom stereocenters. The van der Waals surface area contributed by atoms with Crippen molar-refractivity contribution in [3.05, 3.63) is 0 Å². The molecule has 0 spiro atoms. The van der Waals surface area contributed by atoms with E-state index in [0.717, 1.165) is 45.3 Å². The molecule has 0 aromatic heterocycles. The minimum absolute atomic E-state index is 0.146. The van der Waals surface area contributed by atoms with Gasteiger partial charge in [0.2, 0.25) is 0 Å². The normalized spacial score (nSPS) is 27.4. The largest absolute Gasteiger partial charge is 0.393 e. The molecule has 0 aromatic rings. The van der Waals surface area contributed by atoms with Gasteiger partial charge in [0.15, 0.2) is 0 Å². The molecule has 1 aliphatic carbocycles. The molecule has 15 heavy (non-hydrogen) atoms. The molecule has 0 aromatic carbocycles. The van der Waals surface area contributed by atoms with Gasteiger partial charge in [-0.05, 0) is 44.9 Å². The summed E-state index contributed by atoms with van der Waals surface area (Å²) in [6.07, 6.45) is 5.35. The third kappa shape index (κ3) is 4.96. The monoisotopic (exact) mass is 216 g/mol. The molecule has 0 radical (unpaired) electrons. The van der Waals surface area contributed by atoms with Gasteiger partial charge < -0.3 is 14.6 Å². The van der Waals surface area contributed by atoms with Crippen molar-refractivity contribution in [2.24, 2.45) is 5.92 Å². The maximum atomic E-state index is 9.73. The highest BCUT2D eigenvalue weighted by Gasteiger charge is 2.30. The van der Waals surface area contributed by atoms with Gasteiger partial charge >= 0.3 is 0 Å². The van der Waals surface area contributed by atoms with Crippen LogP contribution in [0.5, 0.6) is 0 Å². The van der Waals surface area contributed by atoms with Crippen LogP contribution in [0.25, 0.3) is 0 Å². The molecule has 3 nitrogen and oxygen atoms in total. The number of hydrogen-bond donors (Lipinski definition) is 1. The average Bonchev–Trinajstić information content (AvgIpc) is 2.15. The fourth-order valence-corrected chi connectivity index (χ4v) is 2.20. The van der Waals surface area contributed by atoms with Crippen LogP contribution in [0, 0.1) is 5.92 Å². The van der Waals surface area contributed by atoms with Crippen molar-refractivity contribution in [2.45, 2.75) is 51.2 Å². The van der Waals surface area contributed by atoms with E-state index in [9.17, 15) is 5.11 Å². The van der Waals surface area contributed by atoms with Crippen LogP contribution in [-0.4, -0.2) is 37.6 Å². The van der Waals surface area contributed by atoms with E-state index in [1.807, 2.05) is 6.92 Å². The summed E-state index contributed by atoms with van der Waals surface area (Å²) in [4.78, 5) is 0. The predicted octanol–water partition coefficient (Wildman–Crippen LogP) is 1.98. The molecular weight excluding hydrogens is 192 g/mol. The number of rotatable bonds is 8. The van der Waals surface area contributed by atoms with Crippen molar-refractivity contribution in [1.82, 2.24) is 0 Å². The Hall–Kier alpha value is -0.120. The summed E-state index contributed by atoms with van der Waals surface area (Å²) in [6, 6.07) is 0. The molecule has 1 saturated carbocycles. The molecule has 1 atom stereocenters. The van der Waals surface area contributed by atoms with Crippen LogP contribution in [0.3, 0.4) is 0 Å². The van der Waals surface area contributed by atoms with E-state index in [1.54, 1.807) is 7.11 Å². The Morgan fingerprint density at radius 3 is 2.73 bits per heavy atom. The summed E-state index contributed by atoms with van der Waals surface area (Å²) < 4.78 is 10.4. The van der Waals surface area contributed by atoms with Crippen molar-refractivity contribution in [3.8, 4) is 0 Å². The number of methoxy groups -OCH3 is 1. The Morgan fingerprint density at radius 1 is 1.40 bits per heavy atom. The van der Waals surface area contributed by atoms with Gasteiger partial charge in [0.25, 0.3) is 0 Å². The van der Waals surface area contributed by atoms with Crippen molar-refractivity contribution in [1.29, 1.82) is 0 Å². The molecule has 1 N–H and O–H groups in total. The highest BCUT2D eigenvalue weighted by atomic mass is 16.5. The van der Waals surface area contributed by atoms with E-state index in [2.05, 4.69) is 0 Å². The smallest absolute Gasteiger partial charge is 0.0580 e. The molecule has 3 heteroatoms. The van der Waals surface area contributed by atoms with Crippen LogP contribution >= 0.6 is 0 Å². The summed E-state index contributed by atoms with van der Waals surface area (Å²) in [6.45, 7) is 3.60. The van der Waals surface area contributed by atoms with Crippen LogP contribution in [-0.2, 0) is 9.47 Å². The highest BCUT2D eigenvalue weighted by Crippen LogP contribution is 2.34.